The van der Waals surface area contributed by atoms with E-state index in [4.69, 9.17) is 0 Å². The largest absolute Gasteiger partial charge is 0.508 e. The van der Waals surface area contributed by atoms with Crippen molar-refractivity contribution in [1.82, 2.24) is 0 Å². The Morgan fingerprint density at radius 2 is 1.91 bits per heavy atom. The van der Waals surface area contributed by atoms with E-state index < -0.39 is 0 Å². The molecule has 3 aromatic carbocycles. The summed E-state index contributed by atoms with van der Waals surface area (Å²) in [6.45, 7) is 0. The number of aryl methyl sites for hydroxylation is 1. The van der Waals surface area contributed by atoms with Gasteiger partial charge in [-0.05, 0) is 66.3 Å². The standard InChI is InChI=1S/C27H25BrN2O2/c28-18-10-13-25(31)23(15-18)27-21-8-4-7-20(21)22-16-19(11-12-24(22)30-27)29-26(32)14-9-17-5-2-1-3-6-17/h1-7,10-13,15-16,20-21,27,30-31H,8-9,14H2,(H,29,32). The number of allylic oxidation sites excluding steroid dienone is 2. The number of aromatic hydroxyl groups is 1. The summed E-state index contributed by atoms with van der Waals surface area (Å²) in [5.41, 5.74) is 5.13. The van der Waals surface area contributed by atoms with Crippen molar-refractivity contribution in [2.75, 3.05) is 10.6 Å². The molecule has 3 unspecified atom stereocenters. The fraction of sp³-hybridized carbons (Fsp3) is 0.222. The van der Waals surface area contributed by atoms with Gasteiger partial charge in [-0.15, -0.1) is 0 Å². The monoisotopic (exact) mass is 488 g/mol. The second-order valence-corrected chi connectivity index (χ2v) is 9.43. The van der Waals surface area contributed by atoms with Crippen molar-refractivity contribution in [3.05, 3.63) is 100 Å². The molecule has 1 aliphatic carbocycles. The number of phenolic OH excluding ortho intramolecular Hbond substituents is 1. The highest BCUT2D eigenvalue weighted by atomic mass is 79.9. The van der Waals surface area contributed by atoms with Crippen LogP contribution in [0.4, 0.5) is 11.4 Å². The first kappa shape index (κ1) is 20.8. The summed E-state index contributed by atoms with van der Waals surface area (Å²) in [5, 5.41) is 17.2. The Balaban J connectivity index is 1.35. The summed E-state index contributed by atoms with van der Waals surface area (Å²) in [4.78, 5) is 12.5. The second-order valence-electron chi connectivity index (χ2n) is 8.51. The SMILES string of the molecule is O=C(CCc1ccccc1)Nc1ccc2c(c1)C1C=CCC1C(c1cc(Br)ccc1O)N2. The number of hydrogen-bond acceptors (Lipinski definition) is 3. The zero-order valence-electron chi connectivity index (χ0n) is 17.6. The van der Waals surface area contributed by atoms with Crippen LogP contribution in [0.5, 0.6) is 5.75 Å². The molecule has 5 heteroatoms. The average Bonchev–Trinajstić information content (AvgIpc) is 3.30. The molecule has 0 saturated carbocycles. The van der Waals surface area contributed by atoms with Gasteiger partial charge in [0.15, 0.2) is 0 Å². The molecule has 162 valence electrons. The van der Waals surface area contributed by atoms with Crippen LogP contribution in [-0.4, -0.2) is 11.0 Å². The molecule has 0 bridgehead atoms. The number of carbonyl (C=O) groups is 1. The minimum absolute atomic E-state index is 0.0197. The normalized spacial score (nSPS) is 20.8. The minimum Gasteiger partial charge on any atom is -0.508 e. The van der Waals surface area contributed by atoms with Gasteiger partial charge in [-0.1, -0.05) is 58.4 Å². The number of benzene rings is 3. The van der Waals surface area contributed by atoms with E-state index in [0.717, 1.165) is 39.8 Å². The maximum atomic E-state index is 12.5. The van der Waals surface area contributed by atoms with Crippen LogP contribution in [0, 0.1) is 5.92 Å². The van der Waals surface area contributed by atoms with Crippen molar-refractivity contribution in [3.63, 3.8) is 0 Å². The summed E-state index contributed by atoms with van der Waals surface area (Å²) in [5.74, 6) is 0.887. The number of hydrogen-bond donors (Lipinski definition) is 3. The molecule has 4 nitrogen and oxygen atoms in total. The molecule has 3 aromatic rings. The van der Waals surface area contributed by atoms with Crippen molar-refractivity contribution < 1.29 is 9.90 Å². The number of nitrogens with one attached hydrogen (secondary N) is 2. The molecule has 3 atom stereocenters. The van der Waals surface area contributed by atoms with Crippen LogP contribution < -0.4 is 10.6 Å². The molecule has 2 aliphatic rings. The summed E-state index contributed by atoms with van der Waals surface area (Å²) in [6, 6.07) is 21.7. The first-order valence-electron chi connectivity index (χ1n) is 11.0. The lowest BCUT2D eigenvalue weighted by molar-refractivity contribution is -0.116. The number of fused-ring (bicyclic) bond motifs is 3. The number of halogens is 1. The summed E-state index contributed by atoms with van der Waals surface area (Å²) in [6.07, 6.45) is 6.61. The van der Waals surface area contributed by atoms with E-state index >= 15 is 0 Å². The van der Waals surface area contributed by atoms with Crippen molar-refractivity contribution in [3.8, 4) is 5.75 Å². The topological polar surface area (TPSA) is 61.4 Å². The van der Waals surface area contributed by atoms with Crippen LogP contribution in [0.15, 0.2) is 83.4 Å². The Kier molecular flexibility index (Phi) is 5.75. The minimum atomic E-state index is 0.0197. The Bertz CT molecular complexity index is 1180. The van der Waals surface area contributed by atoms with Crippen molar-refractivity contribution in [2.45, 2.75) is 31.2 Å². The van der Waals surface area contributed by atoms with Crippen LogP contribution in [0.1, 0.15) is 41.5 Å². The number of anilines is 2. The highest BCUT2D eigenvalue weighted by molar-refractivity contribution is 9.10. The number of rotatable bonds is 5. The van der Waals surface area contributed by atoms with Gasteiger partial charge in [0.25, 0.3) is 0 Å². The van der Waals surface area contributed by atoms with Gasteiger partial charge in [0.1, 0.15) is 5.75 Å². The Hall–Kier alpha value is -3.05. The van der Waals surface area contributed by atoms with E-state index in [0.29, 0.717) is 18.1 Å². The first-order valence-corrected chi connectivity index (χ1v) is 11.8. The molecule has 0 aromatic heterocycles. The number of amides is 1. The van der Waals surface area contributed by atoms with Gasteiger partial charge < -0.3 is 15.7 Å². The van der Waals surface area contributed by atoms with Crippen LogP contribution in [-0.2, 0) is 11.2 Å². The highest BCUT2D eigenvalue weighted by Crippen LogP contribution is 2.51. The molecule has 1 aliphatic heterocycles. The third kappa shape index (κ3) is 4.17. The van der Waals surface area contributed by atoms with Crippen LogP contribution in [0.2, 0.25) is 0 Å². The van der Waals surface area contributed by atoms with E-state index in [-0.39, 0.29) is 17.9 Å². The van der Waals surface area contributed by atoms with Crippen LogP contribution >= 0.6 is 15.9 Å². The molecule has 1 heterocycles. The van der Waals surface area contributed by atoms with E-state index in [1.54, 1.807) is 6.07 Å². The van der Waals surface area contributed by atoms with Gasteiger partial charge in [0.2, 0.25) is 5.91 Å². The van der Waals surface area contributed by atoms with Gasteiger partial charge in [-0.3, -0.25) is 4.79 Å². The summed E-state index contributed by atoms with van der Waals surface area (Å²) < 4.78 is 0.953. The van der Waals surface area contributed by atoms with Crippen molar-refractivity contribution in [1.29, 1.82) is 0 Å². The molecule has 5 rings (SSSR count). The van der Waals surface area contributed by atoms with E-state index in [1.165, 1.54) is 5.56 Å². The molecule has 0 saturated heterocycles. The Labute approximate surface area is 196 Å². The smallest absolute Gasteiger partial charge is 0.224 e. The molecular formula is C27H25BrN2O2. The van der Waals surface area contributed by atoms with Gasteiger partial charge in [0.05, 0.1) is 6.04 Å². The van der Waals surface area contributed by atoms with E-state index in [2.05, 4.69) is 44.8 Å². The second kappa shape index (κ2) is 8.83. The molecule has 32 heavy (non-hydrogen) atoms. The first-order chi connectivity index (χ1) is 15.6. The summed E-state index contributed by atoms with van der Waals surface area (Å²) >= 11 is 3.53. The third-order valence-corrected chi connectivity index (χ3v) is 6.95. The van der Waals surface area contributed by atoms with Gasteiger partial charge in [-0.2, -0.15) is 0 Å². The molecule has 1 amide bonds. The van der Waals surface area contributed by atoms with Gasteiger partial charge >= 0.3 is 0 Å². The molecule has 0 spiro atoms. The number of phenols is 1. The zero-order valence-corrected chi connectivity index (χ0v) is 19.2. The summed E-state index contributed by atoms with van der Waals surface area (Å²) in [7, 11) is 0. The third-order valence-electron chi connectivity index (χ3n) is 6.45. The van der Waals surface area contributed by atoms with Gasteiger partial charge in [-0.25, -0.2) is 0 Å². The maximum Gasteiger partial charge on any atom is 0.224 e. The Morgan fingerprint density at radius 1 is 1.06 bits per heavy atom. The zero-order chi connectivity index (χ0) is 22.1. The Morgan fingerprint density at radius 3 is 2.75 bits per heavy atom. The predicted octanol–water partition coefficient (Wildman–Crippen LogP) is 6.55. The quantitative estimate of drug-likeness (QED) is 0.356. The lowest BCUT2D eigenvalue weighted by Crippen LogP contribution is -2.29. The fourth-order valence-electron chi connectivity index (χ4n) is 4.88. The number of carbonyl (C=O) groups excluding carboxylic acids is 1. The average molecular weight is 489 g/mol. The molecule has 0 radical (unpaired) electrons. The lowest BCUT2D eigenvalue weighted by Gasteiger charge is -2.38. The van der Waals surface area contributed by atoms with E-state index in [1.807, 2.05) is 54.6 Å². The van der Waals surface area contributed by atoms with Crippen LogP contribution in [0.25, 0.3) is 0 Å². The molecular weight excluding hydrogens is 464 g/mol. The van der Waals surface area contributed by atoms with E-state index in [9.17, 15) is 9.90 Å². The van der Waals surface area contributed by atoms with Crippen molar-refractivity contribution >= 4 is 33.2 Å². The van der Waals surface area contributed by atoms with Crippen LogP contribution in [0.3, 0.4) is 0 Å². The predicted molar refractivity (Wildman–Crippen MR) is 132 cm³/mol. The van der Waals surface area contributed by atoms with Gasteiger partial charge in [0, 0.05) is 33.7 Å². The maximum absolute atomic E-state index is 12.5. The van der Waals surface area contributed by atoms with Crippen molar-refractivity contribution in [2.24, 2.45) is 5.92 Å². The fourth-order valence-corrected chi connectivity index (χ4v) is 5.26. The highest BCUT2D eigenvalue weighted by Gasteiger charge is 2.39. The lowest BCUT2D eigenvalue weighted by atomic mass is 9.76. The molecule has 0 fully saturated rings. The molecule has 3 N–H and O–H groups in total.